The van der Waals surface area contributed by atoms with E-state index in [1.54, 1.807) is 0 Å². The Hall–Kier alpha value is 1.00. The van der Waals surface area contributed by atoms with Crippen molar-refractivity contribution < 1.29 is 0 Å². The van der Waals surface area contributed by atoms with Crippen LogP contribution in [0.15, 0.2) is 0 Å². The molecule has 21 heavy (non-hydrogen) atoms. The number of halogens is 4. The summed E-state index contributed by atoms with van der Waals surface area (Å²) in [7, 11) is 0. The molecule has 0 saturated carbocycles. The lowest BCUT2D eigenvalue weighted by molar-refractivity contribution is 0.324. The number of rotatable bonds is 12. The van der Waals surface area contributed by atoms with Gasteiger partial charge in [-0.2, -0.15) is 0 Å². The first-order valence-corrected chi connectivity index (χ1v) is 7.09. The zero-order chi connectivity index (χ0) is 13.0. The molecule has 0 heterocycles. The number of hydrogen-bond acceptors (Lipinski definition) is 4. The molecule has 0 bridgehead atoms. The number of nitrogens with two attached hydrogens (primary N) is 2. The fraction of sp³-hybridized carbons (Fsp3) is 1.00. The van der Waals surface area contributed by atoms with Crippen LogP contribution in [0, 0.1) is 0 Å². The van der Waals surface area contributed by atoms with Crippen molar-refractivity contribution in [3.05, 3.63) is 0 Å². The van der Waals surface area contributed by atoms with Crippen molar-refractivity contribution in [3.63, 3.8) is 0 Å². The van der Waals surface area contributed by atoms with E-state index >= 15 is 0 Å². The summed E-state index contributed by atoms with van der Waals surface area (Å²) >= 11 is 0. The largest absolute Gasteiger partial charge is 0.330 e. The summed E-state index contributed by atoms with van der Waals surface area (Å²) in [5.41, 5.74) is 12.0. The first-order valence-electron chi connectivity index (χ1n) is 7.09. The summed E-state index contributed by atoms with van der Waals surface area (Å²) in [6.07, 6.45) is 5.37. The third-order valence-corrected chi connectivity index (χ3v) is 3.20. The van der Waals surface area contributed by atoms with E-state index in [0.29, 0.717) is 6.54 Å². The molecular weight excluding hydrogens is 354 g/mol. The van der Waals surface area contributed by atoms with Gasteiger partial charge in [0.25, 0.3) is 0 Å². The molecule has 6 N–H and O–H groups in total. The smallest absolute Gasteiger partial charge is 0.0167 e. The van der Waals surface area contributed by atoms with Crippen LogP contribution >= 0.6 is 49.6 Å². The van der Waals surface area contributed by atoms with Crippen LogP contribution in [0.3, 0.4) is 0 Å². The summed E-state index contributed by atoms with van der Waals surface area (Å²) in [4.78, 5) is 0. The standard InChI is InChI=1S/C13H32N4.4ClH/c1-3-16-11-5-7-13(15,9-10-14)8-6-12-17-4-2;;;;/h16-17H,3-12,14-15H2,1-2H3;4*1H. The zero-order valence-corrected chi connectivity index (χ0v) is 16.6. The molecule has 0 fully saturated rings. The van der Waals surface area contributed by atoms with Crippen LogP contribution in [0.25, 0.3) is 0 Å². The molecule has 4 nitrogen and oxygen atoms in total. The molecule has 0 aliphatic carbocycles. The van der Waals surface area contributed by atoms with Crippen molar-refractivity contribution in [2.24, 2.45) is 11.5 Å². The van der Waals surface area contributed by atoms with E-state index in [2.05, 4.69) is 24.5 Å². The van der Waals surface area contributed by atoms with Gasteiger partial charge < -0.3 is 22.1 Å². The van der Waals surface area contributed by atoms with Gasteiger partial charge in [0.15, 0.2) is 0 Å². The third-order valence-electron chi connectivity index (χ3n) is 3.20. The Balaban J connectivity index is -0.000000213. The maximum atomic E-state index is 6.44. The molecule has 8 heteroatoms. The van der Waals surface area contributed by atoms with Gasteiger partial charge in [0.05, 0.1) is 0 Å². The monoisotopic (exact) mass is 388 g/mol. The average Bonchev–Trinajstić information content (AvgIpc) is 2.31. The first-order chi connectivity index (χ1) is 8.18. The topological polar surface area (TPSA) is 76.1 Å². The van der Waals surface area contributed by atoms with Crippen molar-refractivity contribution in [3.8, 4) is 0 Å². The molecule has 0 radical (unpaired) electrons. The van der Waals surface area contributed by atoms with Gasteiger partial charge >= 0.3 is 0 Å². The predicted molar refractivity (Wildman–Crippen MR) is 105 cm³/mol. The van der Waals surface area contributed by atoms with Crippen LogP contribution in [0.4, 0.5) is 0 Å². The van der Waals surface area contributed by atoms with Gasteiger partial charge in [0.1, 0.15) is 0 Å². The fourth-order valence-corrected chi connectivity index (χ4v) is 2.15. The van der Waals surface area contributed by atoms with Gasteiger partial charge in [-0.3, -0.25) is 0 Å². The number of hydrogen-bond donors (Lipinski definition) is 4. The van der Waals surface area contributed by atoms with E-state index in [-0.39, 0.29) is 55.2 Å². The van der Waals surface area contributed by atoms with Crippen LogP contribution in [0.2, 0.25) is 0 Å². The second kappa shape index (κ2) is 23.3. The molecule has 0 aromatic rings. The molecule has 136 valence electrons. The van der Waals surface area contributed by atoms with Crippen LogP contribution in [0.1, 0.15) is 46.0 Å². The zero-order valence-electron chi connectivity index (χ0n) is 13.4. The Labute approximate surface area is 156 Å². The maximum Gasteiger partial charge on any atom is 0.0167 e. The molecule has 0 unspecified atom stereocenters. The highest BCUT2D eigenvalue weighted by atomic mass is 35.5. The van der Waals surface area contributed by atoms with Crippen LogP contribution in [-0.4, -0.2) is 38.3 Å². The van der Waals surface area contributed by atoms with Gasteiger partial charge in [-0.05, 0) is 64.8 Å². The molecule has 0 aliphatic rings. The minimum Gasteiger partial charge on any atom is -0.330 e. The lowest BCUT2D eigenvalue weighted by atomic mass is 9.86. The first kappa shape index (κ1) is 33.6. The minimum atomic E-state index is -0.0560. The molecule has 0 rings (SSSR count). The second-order valence-corrected chi connectivity index (χ2v) is 4.82. The van der Waals surface area contributed by atoms with Gasteiger partial charge in [-0.25, -0.2) is 0 Å². The Morgan fingerprint density at radius 3 is 1.43 bits per heavy atom. The van der Waals surface area contributed by atoms with Crippen molar-refractivity contribution in [2.75, 3.05) is 32.7 Å². The van der Waals surface area contributed by atoms with E-state index < -0.39 is 0 Å². The van der Waals surface area contributed by atoms with E-state index in [4.69, 9.17) is 11.5 Å². The minimum absolute atomic E-state index is 0. The van der Waals surface area contributed by atoms with E-state index in [1.807, 2.05) is 0 Å². The van der Waals surface area contributed by atoms with Crippen molar-refractivity contribution in [1.82, 2.24) is 10.6 Å². The summed E-state index contributed by atoms with van der Waals surface area (Å²) in [5.74, 6) is 0. The quantitative estimate of drug-likeness (QED) is 0.387. The average molecular weight is 390 g/mol. The molecule has 0 aromatic carbocycles. The van der Waals surface area contributed by atoms with Gasteiger partial charge in [-0.15, -0.1) is 49.6 Å². The van der Waals surface area contributed by atoms with Crippen molar-refractivity contribution >= 4 is 49.6 Å². The fourth-order valence-electron chi connectivity index (χ4n) is 2.15. The third kappa shape index (κ3) is 21.0. The predicted octanol–water partition coefficient (Wildman–Crippen LogP) is 2.50. The van der Waals surface area contributed by atoms with Crippen LogP contribution in [0.5, 0.6) is 0 Å². The normalized spacial score (nSPS) is 9.71. The SMILES string of the molecule is CCNCCCC(N)(CCN)CCCNCC.Cl.Cl.Cl.Cl. The Morgan fingerprint density at radius 1 is 0.762 bits per heavy atom. The molecule has 0 saturated heterocycles. The summed E-state index contributed by atoms with van der Waals surface area (Å²) in [6.45, 7) is 9.15. The van der Waals surface area contributed by atoms with Crippen molar-refractivity contribution in [2.45, 2.75) is 51.5 Å². The second-order valence-electron chi connectivity index (χ2n) is 4.82. The summed E-state index contributed by atoms with van der Waals surface area (Å²) < 4.78 is 0. The molecule has 0 atom stereocenters. The van der Waals surface area contributed by atoms with Crippen LogP contribution in [-0.2, 0) is 0 Å². The Kier molecular flexibility index (Phi) is 37.2. The molecule has 0 aliphatic heterocycles. The van der Waals surface area contributed by atoms with Gasteiger partial charge in [-0.1, -0.05) is 13.8 Å². The Morgan fingerprint density at radius 2 is 1.14 bits per heavy atom. The summed E-state index contributed by atoms with van der Waals surface area (Å²) in [5, 5.41) is 6.68. The highest BCUT2D eigenvalue weighted by molar-refractivity contribution is 5.86. The Bertz CT molecular complexity index is 164. The highest BCUT2D eigenvalue weighted by Gasteiger charge is 2.22. The lowest BCUT2D eigenvalue weighted by Gasteiger charge is -2.29. The van der Waals surface area contributed by atoms with Gasteiger partial charge in [0, 0.05) is 5.54 Å². The molecule has 0 amide bonds. The lowest BCUT2D eigenvalue weighted by Crippen LogP contribution is -2.42. The van der Waals surface area contributed by atoms with E-state index in [9.17, 15) is 0 Å². The van der Waals surface area contributed by atoms with E-state index in [0.717, 1.165) is 58.3 Å². The number of nitrogens with one attached hydrogen (secondary N) is 2. The maximum absolute atomic E-state index is 6.44. The van der Waals surface area contributed by atoms with Crippen LogP contribution < -0.4 is 22.1 Å². The highest BCUT2D eigenvalue weighted by Crippen LogP contribution is 2.19. The molecule has 0 aromatic heterocycles. The van der Waals surface area contributed by atoms with Gasteiger partial charge in [0.2, 0.25) is 0 Å². The van der Waals surface area contributed by atoms with E-state index in [1.165, 1.54) is 0 Å². The molecule has 0 spiro atoms. The summed E-state index contributed by atoms with van der Waals surface area (Å²) in [6, 6.07) is 0. The molecular formula is C13H36Cl4N4. The van der Waals surface area contributed by atoms with Crippen molar-refractivity contribution in [1.29, 1.82) is 0 Å².